The maximum absolute atomic E-state index is 12.6. The molecule has 4 nitrogen and oxygen atoms in total. The molecule has 0 bridgehead atoms. The summed E-state index contributed by atoms with van der Waals surface area (Å²) in [5, 5.41) is 0. The highest BCUT2D eigenvalue weighted by molar-refractivity contribution is 7.94. The number of aryl methyl sites for hydroxylation is 1. The fraction of sp³-hybridized carbons (Fsp3) is 0.412. The second-order valence-electron chi connectivity index (χ2n) is 5.89. The molecule has 2 aromatic rings. The molecule has 23 heavy (non-hydrogen) atoms. The molecule has 0 amide bonds. The highest BCUT2D eigenvalue weighted by atomic mass is 32.2. The molecule has 1 saturated heterocycles. The number of sulfonamides is 1. The Bertz CT molecular complexity index is 760. The minimum Gasteiger partial charge on any atom is -0.370 e. The summed E-state index contributed by atoms with van der Waals surface area (Å²) < 4.78 is 28.3. The van der Waals surface area contributed by atoms with Crippen LogP contribution in [0.4, 0.5) is 11.4 Å². The van der Waals surface area contributed by atoms with Crippen molar-refractivity contribution in [2.45, 2.75) is 36.8 Å². The van der Waals surface area contributed by atoms with Gasteiger partial charge in [0.2, 0.25) is 0 Å². The number of benzene rings is 1. The minimum absolute atomic E-state index is 0.362. The van der Waals surface area contributed by atoms with Crippen LogP contribution in [-0.4, -0.2) is 21.5 Å². The molecular weight excluding hydrogens is 328 g/mol. The molecule has 1 fully saturated rings. The summed E-state index contributed by atoms with van der Waals surface area (Å²) in [5.74, 6) is 0. The quantitative estimate of drug-likeness (QED) is 0.897. The van der Waals surface area contributed by atoms with E-state index in [1.807, 2.05) is 37.3 Å². The van der Waals surface area contributed by atoms with Crippen molar-refractivity contribution in [1.29, 1.82) is 0 Å². The van der Waals surface area contributed by atoms with Crippen LogP contribution in [0.25, 0.3) is 0 Å². The Balaban J connectivity index is 1.88. The molecule has 1 aliphatic heterocycles. The van der Waals surface area contributed by atoms with Crippen LogP contribution in [0.15, 0.2) is 40.6 Å². The van der Waals surface area contributed by atoms with Gasteiger partial charge in [-0.05, 0) is 44.0 Å². The first-order valence-corrected chi connectivity index (χ1v) is 10.3. The topological polar surface area (TPSA) is 49.4 Å². The van der Waals surface area contributed by atoms with E-state index in [1.54, 1.807) is 6.07 Å². The summed E-state index contributed by atoms with van der Waals surface area (Å²) in [4.78, 5) is 3.29. The Hall–Kier alpha value is -1.53. The van der Waals surface area contributed by atoms with Crippen molar-refractivity contribution in [3.63, 3.8) is 0 Å². The zero-order chi connectivity index (χ0) is 16.3. The average molecular weight is 351 g/mol. The molecule has 2 heterocycles. The highest BCUT2D eigenvalue weighted by Crippen LogP contribution is 2.31. The number of nitrogens with one attached hydrogen (secondary N) is 1. The zero-order valence-corrected chi connectivity index (χ0v) is 14.9. The van der Waals surface area contributed by atoms with Crippen molar-refractivity contribution in [1.82, 2.24) is 0 Å². The molecule has 1 aromatic heterocycles. The molecule has 0 saturated carbocycles. The van der Waals surface area contributed by atoms with Gasteiger partial charge in [-0.25, -0.2) is 8.42 Å². The molecule has 1 aliphatic rings. The third kappa shape index (κ3) is 3.87. The van der Waals surface area contributed by atoms with Gasteiger partial charge in [-0.2, -0.15) is 0 Å². The maximum Gasteiger partial charge on any atom is 0.271 e. The van der Waals surface area contributed by atoms with E-state index in [1.165, 1.54) is 24.2 Å². The summed E-state index contributed by atoms with van der Waals surface area (Å²) in [6.07, 6.45) is 4.81. The second-order valence-corrected chi connectivity index (χ2v) is 9.09. The van der Waals surface area contributed by atoms with Crippen LogP contribution in [0.3, 0.4) is 0 Å². The van der Waals surface area contributed by atoms with Crippen LogP contribution in [0.5, 0.6) is 0 Å². The third-order valence-corrected chi connectivity index (χ3v) is 6.93. The van der Waals surface area contributed by atoms with Crippen LogP contribution < -0.4 is 9.62 Å². The average Bonchev–Trinajstić information content (AvgIpc) is 2.81. The van der Waals surface area contributed by atoms with E-state index in [0.717, 1.165) is 36.5 Å². The van der Waals surface area contributed by atoms with Gasteiger partial charge in [0.05, 0.1) is 11.4 Å². The lowest BCUT2D eigenvalue weighted by atomic mass is 10.2. The van der Waals surface area contributed by atoms with E-state index in [-0.39, 0.29) is 0 Å². The molecule has 0 unspecified atom stereocenters. The summed E-state index contributed by atoms with van der Waals surface area (Å²) in [6, 6.07) is 11.2. The Morgan fingerprint density at radius 2 is 1.70 bits per heavy atom. The fourth-order valence-corrected chi connectivity index (χ4v) is 5.26. The number of anilines is 2. The van der Waals surface area contributed by atoms with E-state index in [4.69, 9.17) is 0 Å². The molecule has 1 N–H and O–H groups in total. The van der Waals surface area contributed by atoms with Crippen LogP contribution in [0.1, 0.15) is 30.6 Å². The van der Waals surface area contributed by atoms with Gasteiger partial charge in [-0.3, -0.25) is 4.72 Å². The molecule has 0 atom stereocenters. The monoisotopic (exact) mass is 350 g/mol. The molecule has 124 valence electrons. The number of para-hydroxylation sites is 2. The van der Waals surface area contributed by atoms with Crippen LogP contribution in [-0.2, 0) is 10.0 Å². The second kappa shape index (κ2) is 6.93. The van der Waals surface area contributed by atoms with Gasteiger partial charge < -0.3 is 4.90 Å². The van der Waals surface area contributed by atoms with Crippen LogP contribution in [0, 0.1) is 6.92 Å². The van der Waals surface area contributed by atoms with E-state index in [2.05, 4.69) is 9.62 Å². The Kier molecular flexibility index (Phi) is 4.92. The van der Waals surface area contributed by atoms with Crippen LogP contribution >= 0.6 is 11.3 Å². The van der Waals surface area contributed by atoms with Crippen molar-refractivity contribution >= 4 is 32.7 Å². The van der Waals surface area contributed by atoms with Gasteiger partial charge in [0.1, 0.15) is 4.21 Å². The predicted molar refractivity (Wildman–Crippen MR) is 97.0 cm³/mol. The van der Waals surface area contributed by atoms with Gasteiger partial charge in [0.25, 0.3) is 10.0 Å². The smallest absolute Gasteiger partial charge is 0.271 e. The first-order chi connectivity index (χ1) is 11.1. The lowest BCUT2D eigenvalue weighted by Gasteiger charge is -2.25. The standard InChI is InChI=1S/C17H22N2O2S2/c1-14-10-11-17(22-14)23(20,21)18-15-8-4-5-9-16(15)19-12-6-2-3-7-13-19/h4-5,8-11,18H,2-3,6-7,12-13H2,1H3. The molecule has 0 aliphatic carbocycles. The number of nitrogens with zero attached hydrogens (tertiary/aromatic N) is 1. The highest BCUT2D eigenvalue weighted by Gasteiger charge is 2.20. The van der Waals surface area contributed by atoms with Crippen LogP contribution in [0.2, 0.25) is 0 Å². The molecule has 3 rings (SSSR count). The molecule has 0 spiro atoms. The first-order valence-electron chi connectivity index (χ1n) is 7.99. The van der Waals surface area contributed by atoms with Crippen molar-refractivity contribution in [3.8, 4) is 0 Å². The SMILES string of the molecule is Cc1ccc(S(=O)(=O)Nc2ccccc2N2CCCCCC2)s1. The van der Waals surface area contributed by atoms with Gasteiger partial charge in [-0.1, -0.05) is 25.0 Å². The number of rotatable bonds is 4. The van der Waals surface area contributed by atoms with Crippen molar-refractivity contribution in [2.24, 2.45) is 0 Å². The fourth-order valence-electron chi connectivity index (χ4n) is 2.90. The van der Waals surface area contributed by atoms with E-state index in [0.29, 0.717) is 9.90 Å². The zero-order valence-electron chi connectivity index (χ0n) is 13.3. The van der Waals surface area contributed by atoms with Gasteiger partial charge in [0.15, 0.2) is 0 Å². The van der Waals surface area contributed by atoms with Crippen molar-refractivity contribution < 1.29 is 8.42 Å². The number of hydrogen-bond donors (Lipinski definition) is 1. The van der Waals surface area contributed by atoms with Gasteiger partial charge in [-0.15, -0.1) is 11.3 Å². The largest absolute Gasteiger partial charge is 0.370 e. The Labute approximate surface area is 142 Å². The molecule has 6 heteroatoms. The summed E-state index contributed by atoms with van der Waals surface area (Å²) in [5.41, 5.74) is 1.65. The van der Waals surface area contributed by atoms with Crippen molar-refractivity contribution in [2.75, 3.05) is 22.7 Å². The first kappa shape index (κ1) is 16.3. The summed E-state index contributed by atoms with van der Waals surface area (Å²) in [6.45, 7) is 3.88. The van der Waals surface area contributed by atoms with E-state index >= 15 is 0 Å². The van der Waals surface area contributed by atoms with Gasteiger partial charge in [0, 0.05) is 18.0 Å². The Morgan fingerprint density at radius 1 is 1.00 bits per heavy atom. The number of hydrogen-bond acceptors (Lipinski definition) is 4. The molecular formula is C17H22N2O2S2. The third-order valence-electron chi connectivity index (χ3n) is 4.08. The summed E-state index contributed by atoms with van der Waals surface area (Å²) >= 11 is 1.29. The van der Waals surface area contributed by atoms with Gasteiger partial charge >= 0.3 is 0 Å². The lowest BCUT2D eigenvalue weighted by molar-refractivity contribution is 0.603. The molecule has 0 radical (unpaired) electrons. The van der Waals surface area contributed by atoms with E-state index < -0.39 is 10.0 Å². The number of thiophene rings is 1. The maximum atomic E-state index is 12.6. The van der Waals surface area contributed by atoms with Crippen molar-refractivity contribution in [3.05, 3.63) is 41.3 Å². The summed E-state index contributed by atoms with van der Waals surface area (Å²) in [7, 11) is -3.52. The van der Waals surface area contributed by atoms with E-state index in [9.17, 15) is 8.42 Å². The normalized spacial score (nSPS) is 16.1. The Morgan fingerprint density at radius 3 is 2.35 bits per heavy atom. The molecule has 1 aromatic carbocycles. The minimum atomic E-state index is -3.52. The predicted octanol–water partition coefficient (Wildman–Crippen LogP) is 4.24. The lowest BCUT2D eigenvalue weighted by Crippen LogP contribution is -2.25.